The molecule has 1 nitrogen and oxygen atoms in total. The highest BCUT2D eigenvalue weighted by atomic mass is 127. The van der Waals surface area contributed by atoms with E-state index in [1.54, 1.807) is 0 Å². The normalized spacial score (nSPS) is 25.5. The van der Waals surface area contributed by atoms with E-state index in [9.17, 15) is 0 Å². The second kappa shape index (κ2) is 5.73. The molecule has 22 heavy (non-hydrogen) atoms. The van der Waals surface area contributed by atoms with Crippen LogP contribution in [0.1, 0.15) is 29.5 Å². The topological polar surface area (TPSA) is 12.0 Å². The van der Waals surface area contributed by atoms with Crippen molar-refractivity contribution in [2.45, 2.75) is 18.4 Å². The SMILES string of the molecule is Clc1ccc([C@H]2Nc3ccc(I)cc3[C@@H]3C=CC[C@@H]23)c(Cl)c1. The smallest absolute Gasteiger partial charge is 0.0568 e. The van der Waals surface area contributed by atoms with Gasteiger partial charge in [-0.3, -0.25) is 0 Å². The van der Waals surface area contributed by atoms with Crippen molar-refractivity contribution in [3.05, 3.63) is 73.3 Å². The Morgan fingerprint density at radius 3 is 2.73 bits per heavy atom. The Bertz CT molecular complexity index is 772. The van der Waals surface area contributed by atoms with Crippen molar-refractivity contribution in [1.29, 1.82) is 0 Å². The van der Waals surface area contributed by atoms with Crippen LogP contribution in [0.3, 0.4) is 0 Å². The van der Waals surface area contributed by atoms with Gasteiger partial charge < -0.3 is 5.32 Å². The van der Waals surface area contributed by atoms with Gasteiger partial charge in [0.05, 0.1) is 6.04 Å². The molecule has 1 aliphatic carbocycles. The molecule has 0 bridgehead atoms. The first kappa shape index (κ1) is 14.9. The zero-order chi connectivity index (χ0) is 15.3. The first-order valence-electron chi connectivity index (χ1n) is 7.31. The van der Waals surface area contributed by atoms with Crippen molar-refractivity contribution in [2.75, 3.05) is 5.32 Å². The number of nitrogens with one attached hydrogen (secondary N) is 1. The summed E-state index contributed by atoms with van der Waals surface area (Å²) in [5.74, 6) is 0.965. The quantitative estimate of drug-likeness (QED) is 0.397. The van der Waals surface area contributed by atoms with E-state index in [2.05, 4.69) is 64.3 Å². The van der Waals surface area contributed by atoms with Gasteiger partial charge >= 0.3 is 0 Å². The summed E-state index contributed by atoms with van der Waals surface area (Å²) in [6, 6.07) is 12.6. The summed E-state index contributed by atoms with van der Waals surface area (Å²) in [5, 5.41) is 5.12. The first-order valence-corrected chi connectivity index (χ1v) is 9.14. The number of fused-ring (bicyclic) bond motifs is 3. The fourth-order valence-electron chi connectivity index (χ4n) is 3.63. The predicted molar refractivity (Wildman–Crippen MR) is 102 cm³/mol. The highest BCUT2D eigenvalue weighted by molar-refractivity contribution is 14.1. The Labute approximate surface area is 153 Å². The minimum absolute atomic E-state index is 0.220. The lowest BCUT2D eigenvalue weighted by atomic mass is 9.77. The standard InChI is InChI=1S/C18H14Cl2IN/c19-10-4-6-14(16(20)8-10)18-13-3-1-2-12(13)15-9-11(21)5-7-17(15)22-18/h1-2,4-9,12-13,18,22H,3H2/t12-,13-,18+/m1/s1. The van der Waals surface area contributed by atoms with Crippen LogP contribution in [0.4, 0.5) is 5.69 Å². The molecule has 1 heterocycles. The fraction of sp³-hybridized carbons (Fsp3) is 0.222. The highest BCUT2D eigenvalue weighted by Crippen LogP contribution is 2.51. The van der Waals surface area contributed by atoms with E-state index in [0.717, 1.165) is 17.0 Å². The average Bonchev–Trinajstić information content (AvgIpc) is 2.97. The number of rotatable bonds is 1. The third-order valence-electron chi connectivity index (χ3n) is 4.62. The van der Waals surface area contributed by atoms with E-state index < -0.39 is 0 Å². The summed E-state index contributed by atoms with van der Waals surface area (Å²) in [7, 11) is 0. The van der Waals surface area contributed by atoms with E-state index in [4.69, 9.17) is 23.2 Å². The molecule has 0 saturated carbocycles. The largest absolute Gasteiger partial charge is 0.378 e. The monoisotopic (exact) mass is 441 g/mol. The number of anilines is 1. The Balaban J connectivity index is 1.81. The van der Waals surface area contributed by atoms with Crippen molar-refractivity contribution in [2.24, 2.45) is 5.92 Å². The van der Waals surface area contributed by atoms with Gasteiger partial charge in [0.1, 0.15) is 0 Å². The number of halogens is 3. The maximum atomic E-state index is 6.46. The van der Waals surface area contributed by atoms with Gasteiger partial charge in [-0.05, 0) is 76.4 Å². The molecule has 0 amide bonds. The lowest BCUT2D eigenvalue weighted by Gasteiger charge is -2.38. The molecule has 4 heteroatoms. The lowest BCUT2D eigenvalue weighted by Crippen LogP contribution is -2.29. The second-order valence-corrected chi connectivity index (χ2v) is 7.96. The molecule has 112 valence electrons. The number of benzene rings is 2. The molecular weight excluding hydrogens is 428 g/mol. The maximum absolute atomic E-state index is 6.46. The van der Waals surface area contributed by atoms with Gasteiger partial charge in [-0.1, -0.05) is 41.4 Å². The minimum atomic E-state index is 0.220. The van der Waals surface area contributed by atoms with Crippen LogP contribution in [0.5, 0.6) is 0 Å². The summed E-state index contributed by atoms with van der Waals surface area (Å²) in [6.07, 6.45) is 5.71. The summed E-state index contributed by atoms with van der Waals surface area (Å²) in [5.41, 5.74) is 3.74. The van der Waals surface area contributed by atoms with Crippen LogP contribution < -0.4 is 5.32 Å². The molecule has 0 saturated heterocycles. The van der Waals surface area contributed by atoms with Gasteiger partial charge in [-0.15, -0.1) is 0 Å². The summed E-state index contributed by atoms with van der Waals surface area (Å²) < 4.78 is 1.28. The van der Waals surface area contributed by atoms with Gasteiger partial charge in [0.25, 0.3) is 0 Å². The third-order valence-corrected chi connectivity index (χ3v) is 5.86. The van der Waals surface area contributed by atoms with Crippen molar-refractivity contribution in [3.63, 3.8) is 0 Å². The van der Waals surface area contributed by atoms with E-state index in [0.29, 0.717) is 16.9 Å². The second-order valence-electron chi connectivity index (χ2n) is 5.87. The molecule has 2 aromatic carbocycles. The van der Waals surface area contributed by atoms with E-state index >= 15 is 0 Å². The molecule has 0 fully saturated rings. The molecule has 3 atom stereocenters. The van der Waals surface area contributed by atoms with E-state index in [-0.39, 0.29) is 6.04 Å². The molecule has 2 aliphatic rings. The third kappa shape index (κ3) is 2.45. The molecule has 1 N–H and O–H groups in total. The molecule has 0 unspecified atom stereocenters. The van der Waals surface area contributed by atoms with Gasteiger partial charge in [0.2, 0.25) is 0 Å². The predicted octanol–water partition coefficient (Wildman–Crippen LogP) is 6.42. The van der Waals surface area contributed by atoms with E-state index in [1.165, 1.54) is 14.8 Å². The molecule has 0 radical (unpaired) electrons. The molecule has 0 aromatic heterocycles. The van der Waals surface area contributed by atoms with Crippen molar-refractivity contribution >= 4 is 51.5 Å². The van der Waals surface area contributed by atoms with Crippen LogP contribution in [0, 0.1) is 9.49 Å². The molecule has 2 aromatic rings. The minimum Gasteiger partial charge on any atom is -0.378 e. The molecular formula is C18H14Cl2IN. The van der Waals surface area contributed by atoms with Crippen LogP contribution in [0.25, 0.3) is 0 Å². The molecule has 4 rings (SSSR count). The number of hydrogen-bond acceptors (Lipinski definition) is 1. The Morgan fingerprint density at radius 2 is 1.91 bits per heavy atom. The van der Waals surface area contributed by atoms with Gasteiger partial charge in [-0.25, -0.2) is 0 Å². The lowest BCUT2D eigenvalue weighted by molar-refractivity contribution is 0.425. The van der Waals surface area contributed by atoms with Gasteiger partial charge in [-0.2, -0.15) is 0 Å². The van der Waals surface area contributed by atoms with Crippen molar-refractivity contribution in [3.8, 4) is 0 Å². The number of hydrogen-bond donors (Lipinski definition) is 1. The number of allylic oxidation sites excluding steroid dienone is 2. The van der Waals surface area contributed by atoms with E-state index in [1.807, 2.05) is 12.1 Å². The molecule has 1 aliphatic heterocycles. The highest BCUT2D eigenvalue weighted by Gasteiger charge is 2.38. The Hall–Kier alpha value is -0.710. The maximum Gasteiger partial charge on any atom is 0.0568 e. The zero-order valence-electron chi connectivity index (χ0n) is 11.7. The van der Waals surface area contributed by atoms with Gasteiger partial charge in [0.15, 0.2) is 0 Å². The van der Waals surface area contributed by atoms with Crippen LogP contribution in [0.2, 0.25) is 10.0 Å². The van der Waals surface area contributed by atoms with Gasteiger partial charge in [0, 0.05) is 25.2 Å². The summed E-state index contributed by atoms with van der Waals surface area (Å²) in [6.45, 7) is 0. The summed E-state index contributed by atoms with van der Waals surface area (Å²) in [4.78, 5) is 0. The average molecular weight is 442 g/mol. The fourth-order valence-corrected chi connectivity index (χ4v) is 4.67. The van der Waals surface area contributed by atoms with Crippen LogP contribution in [-0.4, -0.2) is 0 Å². The first-order chi connectivity index (χ1) is 10.6. The van der Waals surface area contributed by atoms with Crippen LogP contribution in [0.15, 0.2) is 48.6 Å². The van der Waals surface area contributed by atoms with Crippen molar-refractivity contribution < 1.29 is 0 Å². The Morgan fingerprint density at radius 1 is 1.05 bits per heavy atom. The molecule has 0 spiro atoms. The zero-order valence-corrected chi connectivity index (χ0v) is 15.4. The van der Waals surface area contributed by atoms with Crippen LogP contribution in [-0.2, 0) is 0 Å². The van der Waals surface area contributed by atoms with Crippen molar-refractivity contribution in [1.82, 2.24) is 0 Å². The van der Waals surface area contributed by atoms with Crippen LogP contribution >= 0.6 is 45.8 Å². The Kier molecular flexibility index (Phi) is 3.87. The summed E-state index contributed by atoms with van der Waals surface area (Å²) >= 11 is 14.9.